The fourth-order valence-corrected chi connectivity index (χ4v) is 6.51. The molecule has 2 atom stereocenters. The fourth-order valence-electron chi connectivity index (χ4n) is 6.51. The molecule has 9 heteroatoms. The third-order valence-electron chi connectivity index (χ3n) is 8.60. The summed E-state index contributed by atoms with van der Waals surface area (Å²) in [6.07, 6.45) is 12.6. The van der Waals surface area contributed by atoms with Crippen molar-refractivity contribution >= 4 is 16.7 Å². The molecule has 0 aromatic carbocycles. The molecular formula is C29H34FN7O. The maximum Gasteiger partial charge on any atom is 0.150 e. The van der Waals surface area contributed by atoms with Crippen molar-refractivity contribution in [3.63, 3.8) is 0 Å². The Balaban J connectivity index is 1.17. The number of fused-ring (bicyclic) bond motifs is 3. The molecule has 0 spiro atoms. The van der Waals surface area contributed by atoms with Gasteiger partial charge in [0, 0.05) is 72.9 Å². The molecule has 0 radical (unpaired) electrons. The minimum absolute atomic E-state index is 0.194. The molecule has 0 aliphatic carbocycles. The number of piperidine rings is 1. The summed E-state index contributed by atoms with van der Waals surface area (Å²) in [4.78, 5) is 17.4. The molecule has 3 aliphatic heterocycles. The zero-order valence-electron chi connectivity index (χ0n) is 22.0. The van der Waals surface area contributed by atoms with Crippen molar-refractivity contribution in [3.05, 3.63) is 48.4 Å². The fraction of sp³-hybridized carbons (Fsp3) is 0.483. The Morgan fingerprint density at radius 1 is 1.05 bits per heavy atom. The van der Waals surface area contributed by atoms with Gasteiger partial charge in [0.1, 0.15) is 5.65 Å². The van der Waals surface area contributed by atoms with E-state index in [4.69, 9.17) is 14.8 Å². The van der Waals surface area contributed by atoms with Gasteiger partial charge in [-0.3, -0.25) is 9.67 Å². The molecule has 4 aromatic rings. The van der Waals surface area contributed by atoms with Crippen LogP contribution in [0.4, 0.5) is 10.1 Å². The zero-order valence-corrected chi connectivity index (χ0v) is 22.0. The van der Waals surface area contributed by atoms with Crippen LogP contribution in [0.25, 0.3) is 33.4 Å². The van der Waals surface area contributed by atoms with E-state index in [1.165, 1.54) is 0 Å². The highest BCUT2D eigenvalue weighted by Gasteiger charge is 2.35. The van der Waals surface area contributed by atoms with Crippen LogP contribution in [0, 0.1) is 12.7 Å². The van der Waals surface area contributed by atoms with Crippen molar-refractivity contribution < 1.29 is 9.13 Å². The van der Waals surface area contributed by atoms with Crippen LogP contribution in [0.2, 0.25) is 0 Å². The van der Waals surface area contributed by atoms with Gasteiger partial charge in [0.2, 0.25) is 0 Å². The molecule has 3 saturated heterocycles. The number of hydrogen-bond donors (Lipinski definition) is 1. The Bertz CT molecular complexity index is 1440. The van der Waals surface area contributed by atoms with Gasteiger partial charge in [0.15, 0.2) is 5.82 Å². The molecule has 0 amide bonds. The lowest BCUT2D eigenvalue weighted by atomic mass is 10.0. The van der Waals surface area contributed by atoms with Crippen LogP contribution in [0.5, 0.6) is 0 Å². The second-order valence-electron chi connectivity index (χ2n) is 11.0. The van der Waals surface area contributed by atoms with Crippen molar-refractivity contribution in [1.29, 1.82) is 0 Å². The lowest BCUT2D eigenvalue weighted by Crippen LogP contribution is -2.43. The number of morpholine rings is 1. The smallest absolute Gasteiger partial charge is 0.150 e. The van der Waals surface area contributed by atoms with Crippen LogP contribution in [0.15, 0.2) is 36.9 Å². The number of pyridine rings is 2. The Labute approximate surface area is 221 Å². The van der Waals surface area contributed by atoms with Crippen molar-refractivity contribution in [2.75, 3.05) is 37.6 Å². The Kier molecular flexibility index (Phi) is 5.93. The first-order chi connectivity index (χ1) is 18.6. The normalized spacial score (nSPS) is 22.6. The van der Waals surface area contributed by atoms with Crippen molar-refractivity contribution in [2.45, 2.75) is 57.8 Å². The number of H-pyrrole nitrogens is 1. The first kappa shape index (κ1) is 23.8. The van der Waals surface area contributed by atoms with Crippen LogP contribution < -0.4 is 4.90 Å². The van der Waals surface area contributed by atoms with E-state index in [0.29, 0.717) is 23.1 Å². The minimum atomic E-state index is -0.237. The summed E-state index contributed by atoms with van der Waals surface area (Å²) < 4.78 is 23.6. The quantitative estimate of drug-likeness (QED) is 0.405. The van der Waals surface area contributed by atoms with E-state index in [1.54, 1.807) is 12.3 Å². The van der Waals surface area contributed by atoms with E-state index in [0.717, 1.165) is 86.1 Å². The number of hydrogen-bond acceptors (Lipinski definition) is 6. The summed E-state index contributed by atoms with van der Waals surface area (Å²) in [5.74, 6) is -0.237. The molecule has 2 unspecified atom stereocenters. The predicted molar refractivity (Wildman–Crippen MR) is 146 cm³/mol. The van der Waals surface area contributed by atoms with Gasteiger partial charge in [-0.1, -0.05) is 6.92 Å². The molecule has 8 nitrogen and oxygen atoms in total. The highest BCUT2D eigenvalue weighted by molar-refractivity contribution is 5.95. The van der Waals surface area contributed by atoms with Crippen LogP contribution in [-0.2, 0) is 4.74 Å². The number of likely N-dealkylation sites (tertiary alicyclic amines) is 1. The molecule has 198 valence electrons. The summed E-state index contributed by atoms with van der Waals surface area (Å²) in [5, 5.41) is 5.70. The lowest BCUT2D eigenvalue weighted by Gasteiger charge is -2.34. The van der Waals surface area contributed by atoms with Crippen molar-refractivity contribution in [2.24, 2.45) is 0 Å². The Morgan fingerprint density at radius 2 is 1.84 bits per heavy atom. The molecule has 1 N–H and O–H groups in total. The summed E-state index contributed by atoms with van der Waals surface area (Å²) in [6, 6.07) is 4.04. The predicted octanol–water partition coefficient (Wildman–Crippen LogP) is 4.96. The molecule has 7 rings (SSSR count). The van der Waals surface area contributed by atoms with Crippen LogP contribution in [0.1, 0.15) is 44.3 Å². The number of rotatable bonds is 5. The molecule has 0 saturated carbocycles. The van der Waals surface area contributed by atoms with Gasteiger partial charge in [0.25, 0.3) is 0 Å². The number of ether oxygens (including phenoxy) is 1. The number of nitrogens with zero attached hydrogens (tertiary/aromatic N) is 6. The second kappa shape index (κ2) is 9.47. The first-order valence-electron chi connectivity index (χ1n) is 13.9. The SMILES string of the molecule is CCN1CCC(n2cc(-c3c[nH]c4ncc(-c5cc(F)c(N6CC7CCC(C6)O7)c(C)n5)cc34)cn2)CC1. The molecule has 3 aliphatic rings. The third kappa shape index (κ3) is 4.18. The van der Waals surface area contributed by atoms with E-state index in [1.807, 2.05) is 19.3 Å². The monoisotopic (exact) mass is 515 g/mol. The minimum Gasteiger partial charge on any atom is -0.371 e. The van der Waals surface area contributed by atoms with Crippen molar-refractivity contribution in [3.8, 4) is 22.4 Å². The van der Waals surface area contributed by atoms with Crippen molar-refractivity contribution in [1.82, 2.24) is 29.6 Å². The maximum absolute atomic E-state index is 15.5. The largest absolute Gasteiger partial charge is 0.371 e. The zero-order chi connectivity index (χ0) is 25.8. The molecular weight excluding hydrogens is 481 g/mol. The van der Waals surface area contributed by atoms with Gasteiger partial charge in [-0.05, 0) is 45.2 Å². The van der Waals surface area contributed by atoms with Gasteiger partial charge in [0.05, 0.1) is 41.5 Å². The molecule has 2 bridgehead atoms. The second-order valence-corrected chi connectivity index (χ2v) is 11.0. The Hall–Kier alpha value is -3.30. The summed E-state index contributed by atoms with van der Waals surface area (Å²) in [5.41, 5.74) is 5.59. The average Bonchev–Trinajstić information content (AvgIpc) is 3.66. The highest BCUT2D eigenvalue weighted by atomic mass is 19.1. The molecule has 3 fully saturated rings. The molecule has 7 heterocycles. The van der Waals surface area contributed by atoms with Gasteiger partial charge in [-0.2, -0.15) is 5.10 Å². The van der Waals surface area contributed by atoms with E-state index in [2.05, 4.69) is 43.6 Å². The van der Waals surface area contributed by atoms with E-state index < -0.39 is 0 Å². The van der Waals surface area contributed by atoms with Gasteiger partial charge >= 0.3 is 0 Å². The number of aryl methyl sites for hydroxylation is 1. The standard InChI is InChI=1S/C29H34FN7O/c1-3-35-8-6-21(7-9-35)37-15-20(13-33-37)25-14-32-29-24(25)10-19(12-31-29)27-11-26(30)28(18(2)34-27)36-16-22-4-5-23(17-36)38-22/h10-15,21-23H,3-9,16-17H2,1-2H3,(H,31,32). The summed E-state index contributed by atoms with van der Waals surface area (Å²) in [7, 11) is 0. The lowest BCUT2D eigenvalue weighted by molar-refractivity contribution is 0.0302. The van der Waals surface area contributed by atoms with Crippen LogP contribution >= 0.6 is 0 Å². The number of halogens is 1. The van der Waals surface area contributed by atoms with E-state index in [-0.39, 0.29) is 18.0 Å². The average molecular weight is 516 g/mol. The molecule has 4 aromatic heterocycles. The van der Waals surface area contributed by atoms with Gasteiger partial charge in [-0.25, -0.2) is 9.37 Å². The van der Waals surface area contributed by atoms with E-state index in [9.17, 15) is 0 Å². The summed E-state index contributed by atoms with van der Waals surface area (Å²) in [6.45, 7) is 8.90. The number of anilines is 1. The van der Waals surface area contributed by atoms with Gasteiger partial charge < -0.3 is 19.5 Å². The van der Waals surface area contributed by atoms with Gasteiger partial charge in [-0.15, -0.1) is 0 Å². The highest BCUT2D eigenvalue weighted by Crippen LogP contribution is 2.36. The Morgan fingerprint density at radius 3 is 2.58 bits per heavy atom. The number of aromatic nitrogens is 5. The summed E-state index contributed by atoms with van der Waals surface area (Å²) >= 11 is 0. The van der Waals surface area contributed by atoms with Crippen LogP contribution in [0.3, 0.4) is 0 Å². The maximum atomic E-state index is 15.5. The number of aromatic amines is 1. The number of nitrogens with one attached hydrogen (secondary N) is 1. The third-order valence-corrected chi connectivity index (χ3v) is 8.60. The first-order valence-corrected chi connectivity index (χ1v) is 13.9. The topological polar surface area (TPSA) is 75.1 Å². The molecule has 38 heavy (non-hydrogen) atoms. The van der Waals surface area contributed by atoms with E-state index >= 15 is 4.39 Å². The van der Waals surface area contributed by atoms with Crippen LogP contribution in [-0.4, -0.2) is 74.6 Å².